The first-order valence-electron chi connectivity index (χ1n) is 8.48. The van der Waals surface area contributed by atoms with E-state index in [0.29, 0.717) is 40.8 Å². The number of nitrogens with zero attached hydrogens (tertiary/aromatic N) is 1. The minimum atomic E-state index is 0.0719. The van der Waals surface area contributed by atoms with Crippen molar-refractivity contribution in [3.05, 3.63) is 22.7 Å². The summed E-state index contributed by atoms with van der Waals surface area (Å²) in [5, 5.41) is 0.428. The van der Waals surface area contributed by atoms with Gasteiger partial charge in [-0.1, -0.05) is 24.4 Å². The Labute approximate surface area is 142 Å². The molecule has 2 saturated carbocycles. The van der Waals surface area contributed by atoms with Gasteiger partial charge in [-0.05, 0) is 44.7 Å². The van der Waals surface area contributed by atoms with Crippen molar-refractivity contribution in [2.24, 2.45) is 0 Å². The van der Waals surface area contributed by atoms with Crippen molar-refractivity contribution >= 4 is 17.5 Å². The fourth-order valence-corrected chi connectivity index (χ4v) is 3.71. The largest absolute Gasteiger partial charge is 0.493 e. The highest BCUT2D eigenvalue weighted by Gasteiger charge is 2.39. The summed E-state index contributed by atoms with van der Waals surface area (Å²) in [4.78, 5) is 15.2. The maximum atomic E-state index is 13.1. The summed E-state index contributed by atoms with van der Waals surface area (Å²) >= 11 is 6.32. The molecule has 0 atom stereocenters. The van der Waals surface area contributed by atoms with Crippen molar-refractivity contribution in [3.63, 3.8) is 0 Å². The second kappa shape index (κ2) is 7.00. The Morgan fingerprint density at radius 1 is 1.22 bits per heavy atom. The molecule has 0 saturated heterocycles. The van der Waals surface area contributed by atoms with Crippen LogP contribution < -0.4 is 9.47 Å². The van der Waals surface area contributed by atoms with Gasteiger partial charge in [-0.15, -0.1) is 0 Å². The predicted octanol–water partition coefficient (Wildman–Crippen LogP) is 4.29. The monoisotopic (exact) mass is 337 g/mol. The fourth-order valence-electron chi connectivity index (χ4n) is 3.44. The summed E-state index contributed by atoms with van der Waals surface area (Å²) in [6.07, 6.45) is 6.89. The molecule has 0 bridgehead atoms. The lowest BCUT2D eigenvalue weighted by atomic mass is 10.1. The van der Waals surface area contributed by atoms with Crippen LogP contribution in [0.25, 0.3) is 0 Å². The highest BCUT2D eigenvalue weighted by molar-refractivity contribution is 6.32. The van der Waals surface area contributed by atoms with Gasteiger partial charge in [0.05, 0.1) is 18.7 Å². The quantitative estimate of drug-likeness (QED) is 0.777. The van der Waals surface area contributed by atoms with Crippen LogP contribution in [0.4, 0.5) is 0 Å². The molecule has 0 aromatic heterocycles. The predicted molar refractivity (Wildman–Crippen MR) is 90.6 cm³/mol. The van der Waals surface area contributed by atoms with Gasteiger partial charge in [-0.2, -0.15) is 0 Å². The second-order valence-corrected chi connectivity index (χ2v) is 6.71. The number of hydrogen-bond donors (Lipinski definition) is 0. The summed E-state index contributed by atoms with van der Waals surface area (Å²) in [6.45, 7) is 2.39. The zero-order valence-corrected chi connectivity index (χ0v) is 14.6. The van der Waals surface area contributed by atoms with Crippen molar-refractivity contribution in [3.8, 4) is 11.5 Å². The fraction of sp³-hybridized carbons (Fsp3) is 0.611. The SMILES string of the molecule is CCOc1c(Cl)cc(C(=O)N(C2CCCC2)C2CC2)cc1OC. The lowest BCUT2D eigenvalue weighted by Crippen LogP contribution is -2.40. The van der Waals surface area contributed by atoms with E-state index in [-0.39, 0.29) is 5.91 Å². The van der Waals surface area contributed by atoms with E-state index in [9.17, 15) is 4.79 Å². The first kappa shape index (κ1) is 16.4. The first-order chi connectivity index (χ1) is 11.2. The lowest BCUT2D eigenvalue weighted by Gasteiger charge is -2.29. The number of hydrogen-bond acceptors (Lipinski definition) is 3. The van der Waals surface area contributed by atoms with E-state index >= 15 is 0 Å². The number of benzene rings is 1. The van der Waals surface area contributed by atoms with Gasteiger partial charge in [0, 0.05) is 17.6 Å². The minimum absolute atomic E-state index is 0.0719. The van der Waals surface area contributed by atoms with Gasteiger partial charge in [0.15, 0.2) is 11.5 Å². The third kappa shape index (κ3) is 3.42. The normalized spacial score (nSPS) is 18.0. The van der Waals surface area contributed by atoms with E-state index in [1.807, 2.05) is 6.92 Å². The van der Waals surface area contributed by atoms with Crippen LogP contribution in [0.2, 0.25) is 5.02 Å². The summed E-state index contributed by atoms with van der Waals surface area (Å²) in [6, 6.07) is 4.25. The topological polar surface area (TPSA) is 38.8 Å². The summed E-state index contributed by atoms with van der Waals surface area (Å²) in [7, 11) is 1.57. The number of ether oxygens (including phenoxy) is 2. The van der Waals surface area contributed by atoms with Gasteiger partial charge >= 0.3 is 0 Å². The van der Waals surface area contributed by atoms with Gasteiger partial charge in [-0.3, -0.25) is 4.79 Å². The molecule has 2 aliphatic rings. The van der Waals surface area contributed by atoms with Crippen LogP contribution in [-0.4, -0.2) is 36.6 Å². The molecule has 2 fully saturated rings. The maximum absolute atomic E-state index is 13.1. The second-order valence-electron chi connectivity index (χ2n) is 6.30. The smallest absolute Gasteiger partial charge is 0.254 e. The molecule has 1 amide bonds. The van der Waals surface area contributed by atoms with Crippen LogP contribution in [0.15, 0.2) is 12.1 Å². The molecule has 4 nitrogen and oxygen atoms in total. The third-order valence-corrected chi connectivity index (χ3v) is 4.94. The summed E-state index contributed by atoms with van der Waals surface area (Å²) < 4.78 is 10.9. The molecule has 0 heterocycles. The van der Waals surface area contributed by atoms with E-state index < -0.39 is 0 Å². The van der Waals surface area contributed by atoms with Crippen LogP contribution in [0.3, 0.4) is 0 Å². The van der Waals surface area contributed by atoms with Crippen LogP contribution in [0.1, 0.15) is 55.8 Å². The van der Waals surface area contributed by atoms with Gasteiger partial charge in [0.1, 0.15) is 0 Å². The highest BCUT2D eigenvalue weighted by Crippen LogP contribution is 2.39. The number of halogens is 1. The summed E-state index contributed by atoms with van der Waals surface area (Å²) in [5.41, 5.74) is 0.592. The zero-order valence-electron chi connectivity index (χ0n) is 13.8. The standard InChI is InChI=1S/C18H24ClNO3/c1-3-23-17-15(19)10-12(11-16(17)22-2)18(21)20(14-8-9-14)13-6-4-5-7-13/h10-11,13-14H,3-9H2,1-2H3. The molecule has 5 heteroatoms. The molecule has 1 aromatic carbocycles. The van der Waals surface area contributed by atoms with Gasteiger partial charge in [0.25, 0.3) is 5.91 Å². The van der Waals surface area contributed by atoms with Crippen LogP contribution >= 0.6 is 11.6 Å². The molecule has 1 aromatic rings. The van der Waals surface area contributed by atoms with Crippen LogP contribution in [0.5, 0.6) is 11.5 Å². The van der Waals surface area contributed by atoms with Gasteiger partial charge < -0.3 is 14.4 Å². The van der Waals surface area contributed by atoms with Crippen LogP contribution in [0, 0.1) is 0 Å². The Morgan fingerprint density at radius 2 is 1.87 bits per heavy atom. The number of methoxy groups -OCH3 is 1. The van der Waals surface area contributed by atoms with Crippen molar-refractivity contribution in [2.45, 2.75) is 57.5 Å². The first-order valence-corrected chi connectivity index (χ1v) is 8.86. The molecule has 0 spiro atoms. The molecule has 0 N–H and O–H groups in total. The number of rotatable bonds is 6. The zero-order chi connectivity index (χ0) is 16.4. The van der Waals surface area contributed by atoms with E-state index in [4.69, 9.17) is 21.1 Å². The lowest BCUT2D eigenvalue weighted by molar-refractivity contribution is 0.0664. The Balaban J connectivity index is 1.89. The van der Waals surface area contributed by atoms with Crippen LogP contribution in [-0.2, 0) is 0 Å². The number of amides is 1. The van der Waals surface area contributed by atoms with Crippen molar-refractivity contribution < 1.29 is 14.3 Å². The Morgan fingerprint density at radius 3 is 2.43 bits per heavy atom. The average Bonchev–Trinajstić information content (AvgIpc) is 3.23. The molecule has 0 unspecified atom stereocenters. The maximum Gasteiger partial charge on any atom is 0.254 e. The summed E-state index contributed by atoms with van der Waals surface area (Å²) in [5.74, 6) is 1.10. The number of carbonyl (C=O) groups excluding carboxylic acids is 1. The molecule has 126 valence electrons. The number of carbonyl (C=O) groups is 1. The molecule has 3 rings (SSSR count). The van der Waals surface area contributed by atoms with Gasteiger partial charge in [0.2, 0.25) is 0 Å². The molecule has 2 aliphatic carbocycles. The minimum Gasteiger partial charge on any atom is -0.493 e. The molecular formula is C18H24ClNO3. The van der Waals surface area contributed by atoms with E-state index in [1.54, 1.807) is 19.2 Å². The van der Waals surface area contributed by atoms with Crippen molar-refractivity contribution in [1.82, 2.24) is 4.90 Å². The highest BCUT2D eigenvalue weighted by atomic mass is 35.5. The average molecular weight is 338 g/mol. The molecular weight excluding hydrogens is 314 g/mol. The van der Waals surface area contributed by atoms with Gasteiger partial charge in [-0.25, -0.2) is 0 Å². The molecule has 23 heavy (non-hydrogen) atoms. The Hall–Kier alpha value is -1.42. The van der Waals surface area contributed by atoms with E-state index in [1.165, 1.54) is 12.8 Å². The molecule has 0 radical (unpaired) electrons. The van der Waals surface area contributed by atoms with E-state index in [2.05, 4.69) is 4.90 Å². The Kier molecular flexibility index (Phi) is 5.00. The van der Waals surface area contributed by atoms with Crippen molar-refractivity contribution in [2.75, 3.05) is 13.7 Å². The van der Waals surface area contributed by atoms with E-state index in [0.717, 1.165) is 25.7 Å². The van der Waals surface area contributed by atoms with Crippen molar-refractivity contribution in [1.29, 1.82) is 0 Å². The Bertz CT molecular complexity index is 580. The third-order valence-electron chi connectivity index (χ3n) is 4.66. The molecule has 0 aliphatic heterocycles.